The predicted molar refractivity (Wildman–Crippen MR) is 134 cm³/mol. The Kier molecular flexibility index (Phi) is 7.28. The van der Waals surface area contributed by atoms with Crippen molar-refractivity contribution in [3.05, 3.63) is 89.2 Å². The summed E-state index contributed by atoms with van der Waals surface area (Å²) in [5.74, 6) is -2.31. The molecule has 1 aliphatic heterocycles. The van der Waals surface area contributed by atoms with E-state index >= 15 is 0 Å². The lowest BCUT2D eigenvalue weighted by Crippen LogP contribution is -2.54. The molecule has 1 fully saturated rings. The van der Waals surface area contributed by atoms with Crippen LogP contribution in [0.5, 0.6) is 11.5 Å². The van der Waals surface area contributed by atoms with Crippen molar-refractivity contribution in [2.24, 2.45) is 0 Å². The van der Waals surface area contributed by atoms with Gasteiger partial charge in [-0.3, -0.25) is 19.7 Å². The van der Waals surface area contributed by atoms with Crippen molar-refractivity contribution in [3.8, 4) is 11.5 Å². The van der Waals surface area contributed by atoms with Gasteiger partial charge in [0.2, 0.25) is 0 Å². The molecule has 188 valence electrons. The van der Waals surface area contributed by atoms with Gasteiger partial charge >= 0.3 is 6.03 Å². The van der Waals surface area contributed by atoms with Crippen molar-refractivity contribution in [1.82, 2.24) is 5.32 Å². The monoisotopic (exact) mass is 503 g/mol. The Balaban J connectivity index is 1.61. The van der Waals surface area contributed by atoms with Gasteiger partial charge in [0.1, 0.15) is 11.4 Å². The van der Waals surface area contributed by atoms with Crippen LogP contribution in [0.2, 0.25) is 0 Å². The molecular formula is C27H22FN3O6. The molecule has 0 atom stereocenters. The number of imide groups is 2. The number of halogens is 1. The summed E-state index contributed by atoms with van der Waals surface area (Å²) in [6, 6.07) is 15.8. The number of nitrogens with one attached hydrogen (secondary N) is 2. The maximum Gasteiger partial charge on any atom is 0.335 e. The number of urea groups is 1. The molecule has 0 radical (unpaired) electrons. The maximum absolute atomic E-state index is 13.2. The van der Waals surface area contributed by atoms with Crippen LogP contribution in [-0.2, 0) is 14.4 Å². The topological polar surface area (TPSA) is 114 Å². The molecule has 0 spiro atoms. The maximum atomic E-state index is 13.2. The Hall–Kier alpha value is -4.99. The zero-order valence-electron chi connectivity index (χ0n) is 19.9. The van der Waals surface area contributed by atoms with Gasteiger partial charge in [0.05, 0.1) is 12.8 Å². The number of amides is 5. The van der Waals surface area contributed by atoms with Crippen molar-refractivity contribution >= 4 is 41.2 Å². The summed E-state index contributed by atoms with van der Waals surface area (Å²) in [6.45, 7) is 1.42. The van der Waals surface area contributed by atoms with E-state index in [0.717, 1.165) is 10.5 Å². The molecule has 3 aromatic rings. The number of ether oxygens (including phenoxy) is 2. The first kappa shape index (κ1) is 25.1. The van der Waals surface area contributed by atoms with Crippen molar-refractivity contribution < 1.29 is 33.0 Å². The Morgan fingerprint density at radius 1 is 1.03 bits per heavy atom. The number of carbonyl (C=O) groups is 4. The number of anilines is 2. The number of barbiturate groups is 1. The Bertz CT molecular complexity index is 1400. The van der Waals surface area contributed by atoms with Crippen molar-refractivity contribution in [2.45, 2.75) is 6.92 Å². The summed E-state index contributed by atoms with van der Waals surface area (Å²) >= 11 is 0. The van der Waals surface area contributed by atoms with Crippen molar-refractivity contribution in [3.63, 3.8) is 0 Å². The minimum absolute atomic E-state index is 0.103. The molecule has 9 nitrogen and oxygen atoms in total. The number of hydrogen-bond acceptors (Lipinski definition) is 6. The van der Waals surface area contributed by atoms with E-state index in [1.54, 1.807) is 42.5 Å². The highest BCUT2D eigenvalue weighted by molar-refractivity contribution is 6.39. The standard InChI is InChI=1S/C27H22FN3O6/c1-16-6-12-20(13-7-16)31-26(34)21(25(33)30-27(31)35)14-17-4-3-5-22(36-2)24(17)37-15-23(32)29-19-10-8-18(28)9-11-19/h3-14H,15H2,1-2H3,(H,29,32)(H,30,33,35)/b21-14+. The number of benzene rings is 3. The van der Waals surface area contributed by atoms with Crippen LogP contribution in [0.4, 0.5) is 20.6 Å². The highest BCUT2D eigenvalue weighted by atomic mass is 19.1. The third-order valence-corrected chi connectivity index (χ3v) is 5.40. The van der Waals surface area contributed by atoms with Crippen LogP contribution in [0.25, 0.3) is 6.08 Å². The Morgan fingerprint density at radius 3 is 2.41 bits per heavy atom. The average Bonchev–Trinajstić information content (AvgIpc) is 2.87. The molecule has 5 amide bonds. The molecule has 37 heavy (non-hydrogen) atoms. The summed E-state index contributed by atoms with van der Waals surface area (Å²) in [5.41, 5.74) is 1.57. The van der Waals surface area contributed by atoms with Crippen LogP contribution in [0.15, 0.2) is 72.3 Å². The molecule has 4 rings (SSSR count). The van der Waals surface area contributed by atoms with E-state index in [9.17, 15) is 23.6 Å². The lowest BCUT2D eigenvalue weighted by atomic mass is 10.1. The lowest BCUT2D eigenvalue weighted by molar-refractivity contribution is -0.122. The van der Waals surface area contributed by atoms with Gasteiger partial charge in [0.25, 0.3) is 17.7 Å². The van der Waals surface area contributed by atoms with Gasteiger partial charge < -0.3 is 14.8 Å². The molecule has 10 heteroatoms. The van der Waals surface area contributed by atoms with E-state index in [-0.39, 0.29) is 22.6 Å². The molecule has 1 heterocycles. The summed E-state index contributed by atoms with van der Waals surface area (Å²) < 4.78 is 24.1. The number of methoxy groups -OCH3 is 1. The Morgan fingerprint density at radius 2 is 1.73 bits per heavy atom. The van der Waals surface area contributed by atoms with Crippen LogP contribution in [0.1, 0.15) is 11.1 Å². The Labute approximate surface area is 211 Å². The quantitative estimate of drug-likeness (QED) is 0.374. The van der Waals surface area contributed by atoms with Crippen molar-refractivity contribution in [2.75, 3.05) is 23.9 Å². The third kappa shape index (κ3) is 5.64. The molecule has 1 aliphatic rings. The first-order valence-corrected chi connectivity index (χ1v) is 11.1. The fourth-order valence-electron chi connectivity index (χ4n) is 3.57. The van der Waals surface area contributed by atoms with Gasteiger partial charge in [-0.1, -0.05) is 29.8 Å². The van der Waals surface area contributed by atoms with Gasteiger partial charge in [-0.25, -0.2) is 14.1 Å². The molecule has 0 saturated carbocycles. The predicted octanol–water partition coefficient (Wildman–Crippen LogP) is 3.83. The van der Waals surface area contributed by atoms with E-state index in [2.05, 4.69) is 10.6 Å². The SMILES string of the molecule is COc1cccc(/C=C2\C(=O)NC(=O)N(c3ccc(C)cc3)C2=O)c1OCC(=O)Nc1ccc(F)cc1. The lowest BCUT2D eigenvalue weighted by Gasteiger charge is -2.26. The van der Waals surface area contributed by atoms with Crippen LogP contribution in [0, 0.1) is 12.7 Å². The fourth-order valence-corrected chi connectivity index (χ4v) is 3.57. The zero-order valence-corrected chi connectivity index (χ0v) is 19.9. The number of para-hydroxylation sites is 1. The molecule has 3 aromatic carbocycles. The number of carbonyl (C=O) groups excluding carboxylic acids is 4. The normalized spacial score (nSPS) is 14.4. The fraction of sp³-hybridized carbons (Fsp3) is 0.111. The molecule has 0 bridgehead atoms. The molecule has 0 aromatic heterocycles. The van der Waals surface area contributed by atoms with Crippen LogP contribution >= 0.6 is 0 Å². The minimum Gasteiger partial charge on any atom is -0.493 e. The minimum atomic E-state index is -0.874. The number of rotatable bonds is 7. The number of hydrogen-bond donors (Lipinski definition) is 2. The first-order chi connectivity index (χ1) is 17.8. The number of aryl methyl sites for hydroxylation is 1. The van der Waals surface area contributed by atoms with E-state index in [4.69, 9.17) is 9.47 Å². The highest BCUT2D eigenvalue weighted by Crippen LogP contribution is 2.33. The second-order valence-corrected chi connectivity index (χ2v) is 8.02. The van der Waals surface area contributed by atoms with Crippen LogP contribution in [-0.4, -0.2) is 37.5 Å². The summed E-state index contributed by atoms with van der Waals surface area (Å²) in [5, 5.41) is 4.74. The van der Waals surface area contributed by atoms with Gasteiger partial charge in [-0.15, -0.1) is 0 Å². The highest BCUT2D eigenvalue weighted by Gasteiger charge is 2.37. The van der Waals surface area contributed by atoms with E-state index < -0.39 is 36.2 Å². The van der Waals surface area contributed by atoms with E-state index in [1.807, 2.05) is 6.92 Å². The van der Waals surface area contributed by atoms with E-state index in [1.165, 1.54) is 37.5 Å². The third-order valence-electron chi connectivity index (χ3n) is 5.40. The summed E-state index contributed by atoms with van der Waals surface area (Å²) in [4.78, 5) is 51.5. The molecule has 0 unspecified atom stereocenters. The first-order valence-electron chi connectivity index (χ1n) is 11.1. The largest absolute Gasteiger partial charge is 0.493 e. The zero-order chi connectivity index (χ0) is 26.5. The second-order valence-electron chi connectivity index (χ2n) is 8.02. The summed E-state index contributed by atoms with van der Waals surface area (Å²) in [6.07, 6.45) is 1.26. The van der Waals surface area contributed by atoms with Crippen LogP contribution < -0.4 is 25.0 Å². The number of nitrogens with zero attached hydrogens (tertiary/aromatic N) is 1. The van der Waals surface area contributed by atoms with Gasteiger partial charge in [-0.2, -0.15) is 0 Å². The molecular weight excluding hydrogens is 481 g/mol. The molecule has 1 saturated heterocycles. The van der Waals surface area contributed by atoms with Gasteiger partial charge in [0.15, 0.2) is 18.1 Å². The van der Waals surface area contributed by atoms with Crippen LogP contribution in [0.3, 0.4) is 0 Å². The molecule has 0 aliphatic carbocycles. The molecule has 2 N–H and O–H groups in total. The van der Waals surface area contributed by atoms with Crippen molar-refractivity contribution in [1.29, 1.82) is 0 Å². The summed E-state index contributed by atoms with van der Waals surface area (Å²) in [7, 11) is 1.40. The van der Waals surface area contributed by atoms with E-state index in [0.29, 0.717) is 11.4 Å². The average molecular weight is 503 g/mol. The second kappa shape index (κ2) is 10.7. The van der Waals surface area contributed by atoms with Gasteiger partial charge in [0, 0.05) is 11.3 Å². The van der Waals surface area contributed by atoms with Gasteiger partial charge in [-0.05, 0) is 55.5 Å². The smallest absolute Gasteiger partial charge is 0.335 e.